The lowest BCUT2D eigenvalue weighted by molar-refractivity contribution is 0.0696. The Balaban J connectivity index is 1.65. The topological polar surface area (TPSA) is 141 Å². The third kappa shape index (κ3) is 3.12. The van der Waals surface area contributed by atoms with Crippen LogP contribution in [0.3, 0.4) is 0 Å². The number of hydrogen-bond acceptors (Lipinski definition) is 6. The number of benzene rings is 2. The Kier molecular flexibility index (Phi) is 4.17. The molecule has 28 heavy (non-hydrogen) atoms. The zero-order chi connectivity index (χ0) is 19.7. The van der Waals surface area contributed by atoms with E-state index in [4.69, 9.17) is 5.11 Å². The van der Waals surface area contributed by atoms with Gasteiger partial charge in [0.05, 0.1) is 17.5 Å². The summed E-state index contributed by atoms with van der Waals surface area (Å²) in [5.41, 5.74) is 1.92. The first kappa shape index (κ1) is 17.2. The number of nitrogens with zero attached hydrogens (tertiary/aromatic N) is 3. The molecule has 0 unspecified atom stereocenters. The number of fused-ring (bicyclic) bond motifs is 1. The molecule has 0 spiro atoms. The van der Waals surface area contributed by atoms with E-state index in [0.29, 0.717) is 22.4 Å². The maximum atomic E-state index is 12.5. The Bertz CT molecular complexity index is 1200. The van der Waals surface area contributed by atoms with E-state index in [0.717, 1.165) is 0 Å². The fourth-order valence-corrected chi connectivity index (χ4v) is 2.65. The SMILES string of the molecule is O=C(O)c1ccc(C(=O)Nc2[nH]nc3ncc(-c4ccccc4O)nc23)cc1. The van der Waals surface area contributed by atoms with Crippen LogP contribution >= 0.6 is 0 Å². The lowest BCUT2D eigenvalue weighted by atomic mass is 10.1. The molecule has 0 bridgehead atoms. The molecule has 4 N–H and O–H groups in total. The molecule has 4 rings (SSSR count). The largest absolute Gasteiger partial charge is 0.507 e. The molecule has 1 amide bonds. The predicted octanol–water partition coefficient (Wildman–Crippen LogP) is 2.68. The summed E-state index contributed by atoms with van der Waals surface area (Å²) in [5.74, 6) is -1.23. The highest BCUT2D eigenvalue weighted by Crippen LogP contribution is 2.28. The first-order valence-electron chi connectivity index (χ1n) is 8.17. The number of carbonyl (C=O) groups is 2. The number of carboxylic acids is 1. The van der Waals surface area contributed by atoms with Crippen molar-refractivity contribution in [1.29, 1.82) is 0 Å². The Morgan fingerprint density at radius 2 is 1.71 bits per heavy atom. The first-order valence-corrected chi connectivity index (χ1v) is 8.17. The van der Waals surface area contributed by atoms with Gasteiger partial charge in [0, 0.05) is 11.1 Å². The minimum Gasteiger partial charge on any atom is -0.507 e. The molecule has 0 radical (unpaired) electrons. The molecule has 0 aliphatic carbocycles. The van der Waals surface area contributed by atoms with E-state index in [1.807, 2.05) is 0 Å². The number of para-hydroxylation sites is 1. The van der Waals surface area contributed by atoms with Gasteiger partial charge in [0.2, 0.25) is 5.65 Å². The summed E-state index contributed by atoms with van der Waals surface area (Å²) in [5, 5.41) is 28.3. The van der Waals surface area contributed by atoms with Crippen LogP contribution in [-0.2, 0) is 0 Å². The normalized spacial score (nSPS) is 10.7. The molecule has 2 heterocycles. The summed E-state index contributed by atoms with van der Waals surface area (Å²) in [6.07, 6.45) is 1.48. The molecular formula is C19H13N5O4. The van der Waals surface area contributed by atoms with Gasteiger partial charge in [-0.2, -0.15) is 5.10 Å². The van der Waals surface area contributed by atoms with E-state index < -0.39 is 11.9 Å². The molecule has 4 aromatic rings. The number of aromatic carboxylic acids is 1. The molecule has 9 nitrogen and oxygen atoms in total. The number of carboxylic acid groups (broad SMARTS) is 1. The predicted molar refractivity (Wildman–Crippen MR) is 100 cm³/mol. The number of hydrogen-bond donors (Lipinski definition) is 4. The summed E-state index contributed by atoms with van der Waals surface area (Å²) in [6, 6.07) is 12.2. The number of rotatable bonds is 4. The summed E-state index contributed by atoms with van der Waals surface area (Å²) >= 11 is 0. The monoisotopic (exact) mass is 375 g/mol. The minimum absolute atomic E-state index is 0.0590. The van der Waals surface area contributed by atoms with Crippen LogP contribution < -0.4 is 5.32 Å². The van der Waals surface area contributed by atoms with E-state index in [9.17, 15) is 14.7 Å². The summed E-state index contributed by atoms with van der Waals surface area (Å²) in [4.78, 5) is 32.0. The van der Waals surface area contributed by atoms with Crippen molar-refractivity contribution in [2.75, 3.05) is 5.32 Å². The molecule has 0 atom stereocenters. The van der Waals surface area contributed by atoms with Crippen molar-refractivity contribution in [1.82, 2.24) is 20.2 Å². The number of aromatic nitrogens is 4. The standard InChI is InChI=1S/C19H13N5O4/c25-14-4-2-1-3-12(14)13-9-20-16-15(21-13)17(24-23-16)22-18(26)10-5-7-11(8-6-10)19(27)28/h1-9,25H,(H,27,28)(H2,20,22,23,24,26). The maximum absolute atomic E-state index is 12.5. The summed E-state index contributed by atoms with van der Waals surface area (Å²) < 4.78 is 0. The van der Waals surface area contributed by atoms with Gasteiger partial charge >= 0.3 is 5.97 Å². The average molecular weight is 375 g/mol. The van der Waals surface area contributed by atoms with Crippen LogP contribution in [0.4, 0.5) is 5.82 Å². The summed E-state index contributed by atoms with van der Waals surface area (Å²) in [7, 11) is 0. The van der Waals surface area contributed by atoms with Crippen LogP contribution in [0, 0.1) is 0 Å². The Morgan fingerprint density at radius 1 is 1.00 bits per heavy atom. The van der Waals surface area contributed by atoms with Gasteiger partial charge in [-0.1, -0.05) is 12.1 Å². The van der Waals surface area contributed by atoms with E-state index in [-0.39, 0.29) is 22.7 Å². The Morgan fingerprint density at radius 3 is 2.43 bits per heavy atom. The van der Waals surface area contributed by atoms with Crippen LogP contribution in [0.2, 0.25) is 0 Å². The Hall–Kier alpha value is -4.27. The van der Waals surface area contributed by atoms with E-state index in [2.05, 4.69) is 25.5 Å². The van der Waals surface area contributed by atoms with Gasteiger partial charge in [0.15, 0.2) is 11.3 Å². The lowest BCUT2D eigenvalue weighted by Crippen LogP contribution is -2.13. The van der Waals surface area contributed by atoms with Gasteiger partial charge in [0.1, 0.15) is 5.75 Å². The molecular weight excluding hydrogens is 362 g/mol. The van der Waals surface area contributed by atoms with Crippen molar-refractivity contribution in [3.8, 4) is 17.0 Å². The highest BCUT2D eigenvalue weighted by atomic mass is 16.4. The van der Waals surface area contributed by atoms with Crippen LogP contribution in [0.25, 0.3) is 22.4 Å². The molecule has 0 saturated heterocycles. The van der Waals surface area contributed by atoms with Crippen molar-refractivity contribution >= 4 is 28.9 Å². The van der Waals surface area contributed by atoms with E-state index >= 15 is 0 Å². The average Bonchev–Trinajstić information content (AvgIpc) is 3.10. The van der Waals surface area contributed by atoms with Crippen LogP contribution in [0.15, 0.2) is 54.7 Å². The summed E-state index contributed by atoms with van der Waals surface area (Å²) in [6.45, 7) is 0. The number of carbonyl (C=O) groups excluding carboxylic acids is 1. The van der Waals surface area contributed by atoms with Crippen molar-refractivity contribution < 1.29 is 19.8 Å². The van der Waals surface area contributed by atoms with E-state index in [1.165, 1.54) is 30.5 Å². The second-order valence-electron chi connectivity index (χ2n) is 5.88. The van der Waals surface area contributed by atoms with Crippen molar-refractivity contribution in [3.05, 3.63) is 65.9 Å². The molecule has 0 aliphatic rings. The molecule has 0 fully saturated rings. The number of H-pyrrole nitrogens is 1. The molecule has 138 valence electrons. The van der Waals surface area contributed by atoms with Crippen molar-refractivity contribution in [3.63, 3.8) is 0 Å². The highest BCUT2D eigenvalue weighted by Gasteiger charge is 2.15. The van der Waals surface area contributed by atoms with Crippen LogP contribution in [0.5, 0.6) is 5.75 Å². The van der Waals surface area contributed by atoms with Gasteiger partial charge in [-0.15, -0.1) is 0 Å². The smallest absolute Gasteiger partial charge is 0.335 e. The molecule has 2 aromatic heterocycles. The second-order valence-corrected chi connectivity index (χ2v) is 5.88. The van der Waals surface area contributed by atoms with Crippen molar-refractivity contribution in [2.24, 2.45) is 0 Å². The Labute approximate surface area is 157 Å². The van der Waals surface area contributed by atoms with Crippen LogP contribution in [-0.4, -0.2) is 42.3 Å². The van der Waals surface area contributed by atoms with Gasteiger partial charge < -0.3 is 15.5 Å². The minimum atomic E-state index is -1.07. The zero-order valence-electron chi connectivity index (χ0n) is 14.2. The number of anilines is 1. The van der Waals surface area contributed by atoms with Crippen LogP contribution in [0.1, 0.15) is 20.7 Å². The van der Waals surface area contributed by atoms with Gasteiger partial charge in [0.25, 0.3) is 5.91 Å². The number of amides is 1. The third-order valence-corrected chi connectivity index (χ3v) is 4.08. The highest BCUT2D eigenvalue weighted by molar-refractivity contribution is 6.07. The van der Waals surface area contributed by atoms with Gasteiger partial charge in [-0.3, -0.25) is 9.89 Å². The van der Waals surface area contributed by atoms with E-state index in [1.54, 1.807) is 24.3 Å². The van der Waals surface area contributed by atoms with Gasteiger partial charge in [-0.05, 0) is 36.4 Å². The number of phenols is 1. The molecule has 0 aliphatic heterocycles. The maximum Gasteiger partial charge on any atom is 0.335 e. The second kappa shape index (κ2) is 6.80. The molecule has 0 saturated carbocycles. The quantitative estimate of drug-likeness (QED) is 0.430. The lowest BCUT2D eigenvalue weighted by Gasteiger charge is -2.05. The first-order chi connectivity index (χ1) is 13.5. The van der Waals surface area contributed by atoms with Crippen molar-refractivity contribution in [2.45, 2.75) is 0 Å². The number of phenolic OH excluding ortho intramolecular Hbond substituents is 1. The number of aromatic amines is 1. The fraction of sp³-hybridized carbons (Fsp3) is 0. The third-order valence-electron chi connectivity index (χ3n) is 4.08. The number of nitrogens with one attached hydrogen (secondary N) is 2. The zero-order valence-corrected chi connectivity index (χ0v) is 14.2. The van der Waals surface area contributed by atoms with Gasteiger partial charge in [-0.25, -0.2) is 14.8 Å². The molecule has 9 heteroatoms. The molecule has 2 aromatic carbocycles. The number of aromatic hydroxyl groups is 1. The fourth-order valence-electron chi connectivity index (χ4n) is 2.65.